The minimum atomic E-state index is 0.576. The molecule has 3 heterocycles. The Morgan fingerprint density at radius 3 is 2.30 bits per heavy atom. The normalized spacial score (nSPS) is 22.0. The van der Waals surface area contributed by atoms with Crippen molar-refractivity contribution in [2.75, 3.05) is 11.4 Å². The molecule has 47 heavy (non-hydrogen) atoms. The Labute approximate surface area is 286 Å². The van der Waals surface area contributed by atoms with Crippen LogP contribution in [0.3, 0.4) is 0 Å². The van der Waals surface area contributed by atoms with Crippen LogP contribution in [0.25, 0.3) is 5.70 Å². The number of allylic oxidation sites excluding steroid dienone is 3. The summed E-state index contributed by atoms with van der Waals surface area (Å²) in [6, 6.07) is 9.59. The number of nitrogens with zero attached hydrogens (tertiary/aromatic N) is 4. The van der Waals surface area contributed by atoms with Crippen LogP contribution in [0.2, 0.25) is 0 Å². The molecule has 0 saturated heterocycles. The summed E-state index contributed by atoms with van der Waals surface area (Å²) in [6.07, 6.45) is 21.7. The van der Waals surface area contributed by atoms with E-state index in [9.17, 15) is 0 Å². The number of pyridine rings is 2. The van der Waals surface area contributed by atoms with Crippen LogP contribution in [-0.2, 0) is 6.42 Å². The number of hydrogen-bond acceptors (Lipinski definition) is 5. The second-order valence-corrected chi connectivity index (χ2v) is 14.8. The SMILES string of the molecule is C=C(C)NC(C)CC.C=C(C1CCCCC1)N(CC1CCC(c2ccc(CC)c(C)n2)CC1)c1cc(C2=CCC(C3CC3)=N2)ccn1. The van der Waals surface area contributed by atoms with Gasteiger partial charge in [0.2, 0.25) is 0 Å². The molecule has 5 nitrogen and oxygen atoms in total. The van der Waals surface area contributed by atoms with Crippen LogP contribution in [0, 0.1) is 24.7 Å². The minimum absolute atomic E-state index is 0.576. The molecule has 3 fully saturated rings. The maximum Gasteiger partial charge on any atom is 0.133 e. The zero-order valence-corrected chi connectivity index (χ0v) is 30.2. The number of hydrogen-bond donors (Lipinski definition) is 1. The third-order valence-electron chi connectivity index (χ3n) is 11.0. The van der Waals surface area contributed by atoms with Gasteiger partial charge >= 0.3 is 0 Å². The Bertz CT molecular complexity index is 1420. The van der Waals surface area contributed by atoms with E-state index in [-0.39, 0.29) is 0 Å². The topological polar surface area (TPSA) is 53.4 Å². The summed E-state index contributed by atoms with van der Waals surface area (Å²) in [5.41, 5.74) is 9.97. The lowest BCUT2D eigenvalue weighted by Gasteiger charge is -2.37. The number of anilines is 1. The molecule has 0 radical (unpaired) electrons. The van der Waals surface area contributed by atoms with Crippen molar-refractivity contribution >= 4 is 17.2 Å². The number of rotatable bonds is 12. The molecule has 4 aliphatic rings. The monoisotopic (exact) mass is 635 g/mol. The van der Waals surface area contributed by atoms with E-state index in [1.807, 2.05) is 13.1 Å². The Kier molecular flexibility index (Phi) is 12.5. The van der Waals surface area contributed by atoms with Gasteiger partial charge in [-0.05, 0) is 126 Å². The van der Waals surface area contributed by atoms with Crippen molar-refractivity contribution < 1.29 is 0 Å². The molecule has 0 amide bonds. The van der Waals surface area contributed by atoms with Crippen molar-refractivity contribution in [2.45, 2.75) is 136 Å². The fourth-order valence-electron chi connectivity index (χ4n) is 7.68. The summed E-state index contributed by atoms with van der Waals surface area (Å²) in [7, 11) is 0. The summed E-state index contributed by atoms with van der Waals surface area (Å²) in [4.78, 5) is 17.5. The summed E-state index contributed by atoms with van der Waals surface area (Å²) in [5, 5.41) is 3.20. The molecule has 2 aromatic heterocycles. The van der Waals surface area contributed by atoms with Crippen molar-refractivity contribution in [3.05, 3.63) is 83.6 Å². The molecule has 2 aromatic rings. The van der Waals surface area contributed by atoms with Gasteiger partial charge in [-0.2, -0.15) is 0 Å². The molecular formula is C42H61N5. The highest BCUT2D eigenvalue weighted by Gasteiger charge is 2.31. The zero-order valence-electron chi connectivity index (χ0n) is 30.2. The van der Waals surface area contributed by atoms with Crippen LogP contribution in [0.1, 0.15) is 140 Å². The highest BCUT2D eigenvalue weighted by Crippen LogP contribution is 2.40. The summed E-state index contributed by atoms with van der Waals surface area (Å²) in [5.74, 6) is 3.63. The Balaban J connectivity index is 0.000000483. The quantitative estimate of drug-likeness (QED) is 0.252. The van der Waals surface area contributed by atoms with Gasteiger partial charge < -0.3 is 10.2 Å². The lowest BCUT2D eigenvalue weighted by atomic mass is 9.79. The third-order valence-corrected chi connectivity index (χ3v) is 11.0. The van der Waals surface area contributed by atoms with E-state index in [1.54, 1.807) is 0 Å². The van der Waals surface area contributed by atoms with Crippen LogP contribution in [-0.4, -0.2) is 28.3 Å². The first kappa shape index (κ1) is 35.1. The Morgan fingerprint density at radius 1 is 0.957 bits per heavy atom. The molecule has 1 unspecified atom stereocenters. The van der Waals surface area contributed by atoms with Gasteiger partial charge in [0.15, 0.2) is 0 Å². The standard InChI is InChI=1S/C35H46N4.C7H15N/c1-4-27-16-17-32(37-24(27)2)29-12-10-26(11-13-29)23-39(25(3)28-8-6-5-7-9-28)35-22-31(20-21-36-35)34-19-18-33(38-34)30-14-15-30;1-5-7(4)8-6(2)3/h16-17,19-22,26,28-30H,3-15,18,23H2,1-2H3;7-8H,2,5H2,1,3-4H3. The molecule has 0 spiro atoms. The molecular weight excluding hydrogens is 574 g/mol. The first-order valence-corrected chi connectivity index (χ1v) is 18.8. The molecule has 3 saturated carbocycles. The lowest BCUT2D eigenvalue weighted by Crippen LogP contribution is -2.34. The average Bonchev–Trinajstić information content (AvgIpc) is 3.83. The molecule has 6 rings (SSSR count). The molecule has 254 valence electrons. The van der Waals surface area contributed by atoms with Gasteiger partial charge in [0.05, 0.1) is 5.70 Å². The zero-order chi connectivity index (χ0) is 33.3. The van der Waals surface area contributed by atoms with Gasteiger partial charge in [0.1, 0.15) is 5.82 Å². The Morgan fingerprint density at radius 2 is 1.68 bits per heavy atom. The smallest absolute Gasteiger partial charge is 0.133 e. The molecule has 5 heteroatoms. The van der Waals surface area contributed by atoms with E-state index in [4.69, 9.17) is 21.5 Å². The molecule has 0 bridgehead atoms. The first-order chi connectivity index (χ1) is 22.7. The maximum atomic E-state index is 5.03. The second kappa shape index (κ2) is 16.8. The van der Waals surface area contributed by atoms with E-state index < -0.39 is 0 Å². The summed E-state index contributed by atoms with van der Waals surface area (Å²) >= 11 is 0. The maximum absolute atomic E-state index is 5.03. The summed E-state index contributed by atoms with van der Waals surface area (Å²) < 4.78 is 0. The van der Waals surface area contributed by atoms with Crippen molar-refractivity contribution in [2.24, 2.45) is 22.7 Å². The number of aliphatic imine (C=N–C) groups is 1. The number of nitrogens with one attached hydrogen (secondary N) is 1. The fraction of sp³-hybridized carbons (Fsp3) is 0.595. The first-order valence-electron chi connectivity index (χ1n) is 18.8. The second-order valence-electron chi connectivity index (χ2n) is 14.8. The van der Waals surface area contributed by atoms with Crippen molar-refractivity contribution in [3.8, 4) is 0 Å². The van der Waals surface area contributed by atoms with E-state index in [0.717, 1.165) is 48.9 Å². The van der Waals surface area contributed by atoms with Crippen molar-refractivity contribution in [1.82, 2.24) is 15.3 Å². The molecule has 1 atom stereocenters. The Hall–Kier alpha value is -3.21. The highest BCUT2D eigenvalue weighted by atomic mass is 15.2. The van der Waals surface area contributed by atoms with Gasteiger partial charge in [0.25, 0.3) is 0 Å². The van der Waals surface area contributed by atoms with Gasteiger partial charge in [-0.1, -0.05) is 58.4 Å². The molecule has 0 aromatic carbocycles. The van der Waals surface area contributed by atoms with Crippen LogP contribution < -0.4 is 10.2 Å². The van der Waals surface area contributed by atoms with E-state index in [0.29, 0.717) is 23.8 Å². The minimum Gasteiger partial charge on any atom is -0.387 e. The fourth-order valence-corrected chi connectivity index (χ4v) is 7.68. The third kappa shape index (κ3) is 9.67. The predicted molar refractivity (Wildman–Crippen MR) is 201 cm³/mol. The molecule has 1 aliphatic heterocycles. The predicted octanol–water partition coefficient (Wildman–Crippen LogP) is 10.7. The van der Waals surface area contributed by atoms with Crippen LogP contribution in [0.5, 0.6) is 0 Å². The highest BCUT2D eigenvalue weighted by molar-refractivity contribution is 5.98. The van der Waals surface area contributed by atoms with Crippen molar-refractivity contribution in [1.29, 1.82) is 0 Å². The largest absolute Gasteiger partial charge is 0.387 e. The van der Waals surface area contributed by atoms with E-state index in [2.05, 4.69) is 74.8 Å². The van der Waals surface area contributed by atoms with Gasteiger partial charge in [-0.3, -0.25) is 9.98 Å². The van der Waals surface area contributed by atoms with Crippen LogP contribution in [0.4, 0.5) is 5.82 Å². The van der Waals surface area contributed by atoms with Gasteiger partial charge in [0, 0.05) is 65.2 Å². The average molecular weight is 636 g/mol. The molecule has 1 N–H and O–H groups in total. The van der Waals surface area contributed by atoms with Crippen LogP contribution in [0.15, 0.2) is 66.1 Å². The van der Waals surface area contributed by atoms with E-state index >= 15 is 0 Å². The van der Waals surface area contributed by atoms with Gasteiger partial charge in [-0.25, -0.2) is 4.98 Å². The number of aromatic nitrogens is 2. The van der Waals surface area contributed by atoms with Crippen molar-refractivity contribution in [3.63, 3.8) is 0 Å². The van der Waals surface area contributed by atoms with Crippen LogP contribution >= 0.6 is 0 Å². The number of aryl methyl sites for hydroxylation is 2. The van der Waals surface area contributed by atoms with E-state index in [1.165, 1.54) is 105 Å². The lowest BCUT2D eigenvalue weighted by molar-refractivity contribution is 0.320. The molecule has 3 aliphatic carbocycles. The summed E-state index contributed by atoms with van der Waals surface area (Å²) in [6.45, 7) is 20.1. The van der Waals surface area contributed by atoms with Gasteiger partial charge in [-0.15, -0.1) is 0 Å².